The number of methoxy groups -OCH3 is 2. The molecule has 0 bridgehead atoms. The molecule has 0 saturated heterocycles. The lowest BCUT2D eigenvalue weighted by atomic mass is 9.87. The standard InChI is InChI=1S/C30H37N3O4/c1-30(2,3)24-13-10-22(11-14-24)28(34)32-25-9-6-8-21(18-25)20-33(17-7-16-31)29(35)23-12-15-26(36-4)27(19-23)37-5/h6,8-15,18-19H,7,16-17,20,31H2,1-5H3,(H,32,34). The Morgan fingerprint density at radius 2 is 1.57 bits per heavy atom. The zero-order valence-electron chi connectivity index (χ0n) is 22.3. The topological polar surface area (TPSA) is 93.9 Å². The SMILES string of the molecule is COc1ccc(C(=O)N(CCCN)Cc2cccc(NC(=O)c3ccc(C(C)(C)C)cc3)c2)cc1OC. The van der Waals surface area contributed by atoms with Crippen LogP contribution in [0.5, 0.6) is 11.5 Å². The van der Waals surface area contributed by atoms with Crippen LogP contribution < -0.4 is 20.5 Å². The van der Waals surface area contributed by atoms with Crippen molar-refractivity contribution in [1.29, 1.82) is 0 Å². The number of hydrogen-bond donors (Lipinski definition) is 2. The molecule has 0 aliphatic heterocycles. The summed E-state index contributed by atoms with van der Waals surface area (Å²) in [4.78, 5) is 28.0. The molecule has 0 radical (unpaired) electrons. The van der Waals surface area contributed by atoms with E-state index < -0.39 is 0 Å². The van der Waals surface area contributed by atoms with Gasteiger partial charge in [0.2, 0.25) is 0 Å². The summed E-state index contributed by atoms with van der Waals surface area (Å²) in [5, 5.41) is 2.97. The smallest absolute Gasteiger partial charge is 0.255 e. The fourth-order valence-corrected chi connectivity index (χ4v) is 3.98. The van der Waals surface area contributed by atoms with Crippen LogP contribution in [0.1, 0.15) is 59.0 Å². The highest BCUT2D eigenvalue weighted by molar-refractivity contribution is 6.04. The van der Waals surface area contributed by atoms with Gasteiger partial charge in [0.25, 0.3) is 11.8 Å². The van der Waals surface area contributed by atoms with Gasteiger partial charge in [-0.15, -0.1) is 0 Å². The molecule has 7 nitrogen and oxygen atoms in total. The molecule has 0 fully saturated rings. The first-order chi connectivity index (χ1) is 17.7. The van der Waals surface area contributed by atoms with Crippen molar-refractivity contribution >= 4 is 17.5 Å². The predicted octanol–water partition coefficient (Wildman–Crippen LogP) is 5.24. The number of carbonyl (C=O) groups excluding carboxylic acids is 2. The highest BCUT2D eigenvalue weighted by Gasteiger charge is 2.19. The number of amides is 2. The molecule has 0 heterocycles. The van der Waals surface area contributed by atoms with Crippen LogP contribution in [0.4, 0.5) is 5.69 Å². The minimum absolute atomic E-state index is 0.0213. The minimum Gasteiger partial charge on any atom is -0.493 e. The predicted molar refractivity (Wildman–Crippen MR) is 147 cm³/mol. The van der Waals surface area contributed by atoms with E-state index in [0.29, 0.717) is 54.4 Å². The normalized spacial score (nSPS) is 11.1. The average Bonchev–Trinajstić information content (AvgIpc) is 2.90. The van der Waals surface area contributed by atoms with Gasteiger partial charge in [-0.3, -0.25) is 9.59 Å². The average molecular weight is 504 g/mol. The maximum atomic E-state index is 13.4. The van der Waals surface area contributed by atoms with E-state index in [2.05, 4.69) is 26.1 Å². The highest BCUT2D eigenvalue weighted by atomic mass is 16.5. The largest absolute Gasteiger partial charge is 0.493 e. The monoisotopic (exact) mass is 503 g/mol. The Morgan fingerprint density at radius 3 is 2.19 bits per heavy atom. The number of carbonyl (C=O) groups is 2. The fraction of sp³-hybridized carbons (Fsp3) is 0.333. The number of rotatable bonds is 10. The van der Waals surface area contributed by atoms with Gasteiger partial charge in [-0.05, 0) is 72.0 Å². The Labute approximate surface area is 219 Å². The maximum Gasteiger partial charge on any atom is 0.255 e. The Balaban J connectivity index is 1.76. The van der Waals surface area contributed by atoms with Gasteiger partial charge < -0.3 is 25.4 Å². The second-order valence-electron chi connectivity index (χ2n) is 9.92. The molecule has 0 saturated carbocycles. The number of nitrogens with zero attached hydrogens (tertiary/aromatic N) is 1. The number of nitrogens with two attached hydrogens (primary N) is 1. The Morgan fingerprint density at radius 1 is 0.892 bits per heavy atom. The highest BCUT2D eigenvalue weighted by Crippen LogP contribution is 2.28. The van der Waals surface area contributed by atoms with Crippen LogP contribution in [0.25, 0.3) is 0 Å². The zero-order valence-corrected chi connectivity index (χ0v) is 22.3. The molecule has 3 rings (SSSR count). The summed E-state index contributed by atoms with van der Waals surface area (Å²) in [5.74, 6) is 0.734. The van der Waals surface area contributed by atoms with Gasteiger partial charge in [-0.25, -0.2) is 0 Å². The summed E-state index contributed by atoms with van der Waals surface area (Å²) in [6.45, 7) is 7.76. The van der Waals surface area contributed by atoms with Crippen LogP contribution in [0.2, 0.25) is 0 Å². The van der Waals surface area contributed by atoms with Crippen molar-refractivity contribution in [3.63, 3.8) is 0 Å². The summed E-state index contributed by atoms with van der Waals surface area (Å²) < 4.78 is 10.7. The van der Waals surface area contributed by atoms with Gasteiger partial charge in [-0.1, -0.05) is 45.0 Å². The lowest BCUT2D eigenvalue weighted by Gasteiger charge is -2.23. The molecule has 2 amide bonds. The molecule has 0 aliphatic rings. The molecule has 0 atom stereocenters. The van der Waals surface area contributed by atoms with Crippen molar-refractivity contribution in [2.45, 2.75) is 39.2 Å². The van der Waals surface area contributed by atoms with E-state index in [9.17, 15) is 9.59 Å². The third kappa shape index (κ3) is 7.33. The fourth-order valence-electron chi connectivity index (χ4n) is 3.98. The number of hydrogen-bond acceptors (Lipinski definition) is 5. The first-order valence-corrected chi connectivity index (χ1v) is 12.4. The van der Waals surface area contributed by atoms with E-state index in [1.807, 2.05) is 48.5 Å². The van der Waals surface area contributed by atoms with Crippen molar-refractivity contribution < 1.29 is 19.1 Å². The van der Waals surface area contributed by atoms with Gasteiger partial charge in [0.15, 0.2) is 11.5 Å². The van der Waals surface area contributed by atoms with E-state index in [4.69, 9.17) is 15.2 Å². The molecule has 3 aromatic rings. The lowest BCUT2D eigenvalue weighted by molar-refractivity contribution is 0.0741. The summed E-state index contributed by atoms with van der Waals surface area (Å²) in [6.07, 6.45) is 0.667. The van der Waals surface area contributed by atoms with Gasteiger partial charge in [-0.2, -0.15) is 0 Å². The number of ether oxygens (including phenoxy) is 2. The Hall–Kier alpha value is -3.84. The summed E-state index contributed by atoms with van der Waals surface area (Å²) in [6, 6.07) is 20.3. The van der Waals surface area contributed by atoms with E-state index in [0.717, 1.165) is 5.56 Å². The quantitative estimate of drug-likeness (QED) is 0.394. The van der Waals surface area contributed by atoms with Crippen LogP contribution in [0.15, 0.2) is 66.7 Å². The molecular weight excluding hydrogens is 466 g/mol. The third-order valence-electron chi connectivity index (χ3n) is 6.12. The molecule has 37 heavy (non-hydrogen) atoms. The van der Waals surface area contributed by atoms with E-state index in [-0.39, 0.29) is 17.2 Å². The minimum atomic E-state index is -0.181. The molecule has 0 aromatic heterocycles. The van der Waals surface area contributed by atoms with Gasteiger partial charge in [0, 0.05) is 29.9 Å². The van der Waals surface area contributed by atoms with E-state index >= 15 is 0 Å². The van der Waals surface area contributed by atoms with Crippen LogP contribution in [-0.2, 0) is 12.0 Å². The lowest BCUT2D eigenvalue weighted by Crippen LogP contribution is -2.32. The molecule has 0 spiro atoms. The van der Waals surface area contributed by atoms with Crippen LogP contribution >= 0.6 is 0 Å². The van der Waals surface area contributed by atoms with Crippen LogP contribution in [0, 0.1) is 0 Å². The maximum absolute atomic E-state index is 13.4. The zero-order chi connectivity index (χ0) is 27.0. The van der Waals surface area contributed by atoms with Crippen molar-refractivity contribution in [2.75, 3.05) is 32.6 Å². The van der Waals surface area contributed by atoms with Crippen molar-refractivity contribution in [3.05, 3.63) is 89.0 Å². The second-order valence-corrected chi connectivity index (χ2v) is 9.92. The number of anilines is 1. The van der Waals surface area contributed by atoms with E-state index in [1.54, 1.807) is 30.2 Å². The molecule has 0 aliphatic carbocycles. The summed E-state index contributed by atoms with van der Waals surface area (Å²) >= 11 is 0. The number of benzene rings is 3. The number of nitrogens with one attached hydrogen (secondary N) is 1. The molecule has 3 N–H and O–H groups in total. The first kappa shape index (κ1) is 27.7. The molecular formula is C30H37N3O4. The van der Waals surface area contributed by atoms with Crippen molar-refractivity contribution in [3.8, 4) is 11.5 Å². The Kier molecular flexibility index (Phi) is 9.31. The van der Waals surface area contributed by atoms with Crippen molar-refractivity contribution in [2.24, 2.45) is 5.73 Å². The molecule has 0 unspecified atom stereocenters. The third-order valence-corrected chi connectivity index (χ3v) is 6.12. The van der Waals surface area contributed by atoms with E-state index in [1.165, 1.54) is 12.7 Å². The van der Waals surface area contributed by atoms with Crippen LogP contribution in [0.3, 0.4) is 0 Å². The molecule has 3 aromatic carbocycles. The van der Waals surface area contributed by atoms with Crippen LogP contribution in [-0.4, -0.2) is 44.0 Å². The van der Waals surface area contributed by atoms with Gasteiger partial charge >= 0.3 is 0 Å². The van der Waals surface area contributed by atoms with Crippen molar-refractivity contribution in [1.82, 2.24) is 4.90 Å². The first-order valence-electron chi connectivity index (χ1n) is 12.4. The van der Waals surface area contributed by atoms with Gasteiger partial charge in [0.1, 0.15) is 0 Å². The van der Waals surface area contributed by atoms with Gasteiger partial charge in [0.05, 0.1) is 14.2 Å². The Bertz CT molecular complexity index is 1220. The summed E-state index contributed by atoms with van der Waals surface area (Å²) in [7, 11) is 3.09. The second kappa shape index (κ2) is 12.4. The molecule has 7 heteroatoms. The summed E-state index contributed by atoms with van der Waals surface area (Å²) in [5.41, 5.74) is 9.58. The molecule has 196 valence electrons.